The number of hydrogen-bond acceptors (Lipinski definition) is 3. The molecule has 1 heterocycles. The molecule has 0 unspecified atom stereocenters. The molecular weight excluding hydrogens is 314 g/mol. The van der Waals surface area contributed by atoms with Crippen molar-refractivity contribution in [2.75, 3.05) is 13.2 Å². The van der Waals surface area contributed by atoms with Crippen LogP contribution in [0.5, 0.6) is 5.75 Å². The molecule has 0 bridgehead atoms. The molecule has 0 saturated carbocycles. The van der Waals surface area contributed by atoms with Crippen LogP contribution in [0, 0.1) is 0 Å². The Balaban J connectivity index is 1.50. The second-order valence-corrected chi connectivity index (χ2v) is 5.35. The highest BCUT2D eigenvalue weighted by molar-refractivity contribution is 5.91. The normalized spacial score (nSPS) is 10.7. The minimum Gasteiger partial charge on any atom is -0.491 e. The molecule has 25 heavy (non-hydrogen) atoms. The molecule has 0 radical (unpaired) electrons. The molecular formula is C21H19NO3. The van der Waals surface area contributed by atoms with Gasteiger partial charge in [-0.2, -0.15) is 0 Å². The molecule has 126 valence electrons. The molecule has 4 nitrogen and oxygen atoms in total. The molecule has 3 rings (SSSR count). The van der Waals surface area contributed by atoms with Crippen LogP contribution in [0.25, 0.3) is 17.2 Å². The van der Waals surface area contributed by atoms with E-state index >= 15 is 0 Å². The summed E-state index contributed by atoms with van der Waals surface area (Å²) < 4.78 is 11.0. The maximum Gasteiger partial charge on any atom is 0.244 e. The lowest BCUT2D eigenvalue weighted by Gasteiger charge is -2.11. The van der Waals surface area contributed by atoms with Gasteiger partial charge in [-0.1, -0.05) is 48.5 Å². The number of benzene rings is 2. The largest absolute Gasteiger partial charge is 0.491 e. The van der Waals surface area contributed by atoms with Gasteiger partial charge in [0.25, 0.3) is 0 Å². The summed E-state index contributed by atoms with van der Waals surface area (Å²) in [4.78, 5) is 11.7. The molecule has 0 aliphatic carbocycles. The SMILES string of the molecule is O=C(/C=C/c1ccco1)NCCOc1ccccc1-c1ccccc1. The van der Waals surface area contributed by atoms with Crippen molar-refractivity contribution in [3.8, 4) is 16.9 Å². The summed E-state index contributed by atoms with van der Waals surface area (Å²) in [5.74, 6) is 1.26. The fourth-order valence-corrected chi connectivity index (χ4v) is 2.39. The first-order chi connectivity index (χ1) is 12.3. The number of furan rings is 1. The zero-order valence-electron chi connectivity index (χ0n) is 13.7. The van der Waals surface area contributed by atoms with Gasteiger partial charge in [0.2, 0.25) is 5.91 Å². The van der Waals surface area contributed by atoms with E-state index in [-0.39, 0.29) is 5.91 Å². The van der Waals surface area contributed by atoms with Crippen molar-refractivity contribution in [1.29, 1.82) is 0 Å². The molecule has 0 atom stereocenters. The van der Waals surface area contributed by atoms with Gasteiger partial charge in [0, 0.05) is 11.6 Å². The van der Waals surface area contributed by atoms with Gasteiger partial charge in [0.1, 0.15) is 18.1 Å². The lowest BCUT2D eigenvalue weighted by Crippen LogP contribution is -2.26. The molecule has 3 aromatic rings. The van der Waals surface area contributed by atoms with E-state index in [4.69, 9.17) is 9.15 Å². The van der Waals surface area contributed by atoms with E-state index < -0.39 is 0 Å². The van der Waals surface area contributed by atoms with E-state index in [1.54, 1.807) is 24.5 Å². The molecule has 1 N–H and O–H groups in total. The first-order valence-corrected chi connectivity index (χ1v) is 8.09. The standard InChI is InChI=1S/C21H19NO3/c23-21(13-12-18-9-6-15-24-18)22-14-16-25-20-11-5-4-10-19(20)17-7-2-1-3-8-17/h1-13,15H,14,16H2,(H,22,23)/b13-12+. The van der Waals surface area contributed by atoms with Gasteiger partial charge in [-0.15, -0.1) is 0 Å². The summed E-state index contributed by atoms with van der Waals surface area (Å²) in [5, 5.41) is 2.78. The van der Waals surface area contributed by atoms with Crippen LogP contribution in [0.2, 0.25) is 0 Å². The van der Waals surface area contributed by atoms with Crippen LogP contribution < -0.4 is 10.1 Å². The van der Waals surface area contributed by atoms with E-state index in [9.17, 15) is 4.79 Å². The quantitative estimate of drug-likeness (QED) is 0.522. The average Bonchev–Trinajstić information content (AvgIpc) is 3.18. The molecule has 1 amide bonds. The second kappa shape index (κ2) is 8.55. The maximum absolute atomic E-state index is 11.7. The first-order valence-electron chi connectivity index (χ1n) is 8.09. The molecule has 0 aliphatic heterocycles. The summed E-state index contributed by atoms with van der Waals surface area (Å²) in [5.41, 5.74) is 2.13. The third-order valence-corrected chi connectivity index (χ3v) is 3.57. The van der Waals surface area contributed by atoms with Crippen LogP contribution in [0.4, 0.5) is 0 Å². The van der Waals surface area contributed by atoms with Crippen LogP contribution in [0.15, 0.2) is 83.5 Å². The number of hydrogen-bond donors (Lipinski definition) is 1. The summed E-state index contributed by atoms with van der Waals surface area (Å²) in [6.07, 6.45) is 4.63. The highest BCUT2D eigenvalue weighted by atomic mass is 16.5. The van der Waals surface area contributed by atoms with Gasteiger partial charge in [0.15, 0.2) is 0 Å². The van der Waals surface area contributed by atoms with Gasteiger partial charge in [-0.25, -0.2) is 0 Å². The van der Waals surface area contributed by atoms with Crippen LogP contribution in [0.3, 0.4) is 0 Å². The van der Waals surface area contributed by atoms with Crippen molar-refractivity contribution < 1.29 is 13.9 Å². The number of nitrogens with one attached hydrogen (secondary N) is 1. The molecule has 0 aliphatic rings. The Morgan fingerprint density at radius 2 is 1.80 bits per heavy atom. The number of carbonyl (C=O) groups is 1. The maximum atomic E-state index is 11.7. The number of amides is 1. The third kappa shape index (κ3) is 4.85. The Kier molecular flexibility index (Phi) is 5.67. The highest BCUT2D eigenvalue weighted by Gasteiger charge is 2.05. The Morgan fingerprint density at radius 3 is 2.60 bits per heavy atom. The molecule has 1 aromatic heterocycles. The molecule has 0 spiro atoms. The van der Waals surface area contributed by atoms with E-state index in [0.29, 0.717) is 18.9 Å². The fourth-order valence-electron chi connectivity index (χ4n) is 2.39. The zero-order chi connectivity index (χ0) is 17.3. The summed E-state index contributed by atoms with van der Waals surface area (Å²) in [6, 6.07) is 21.5. The zero-order valence-corrected chi connectivity index (χ0v) is 13.7. The predicted octanol–water partition coefficient (Wildman–Crippen LogP) is 4.16. The fraction of sp³-hybridized carbons (Fsp3) is 0.0952. The van der Waals surface area contributed by atoms with Gasteiger partial charge in [-0.3, -0.25) is 4.79 Å². The van der Waals surface area contributed by atoms with Crippen molar-refractivity contribution >= 4 is 12.0 Å². The molecule has 4 heteroatoms. The average molecular weight is 333 g/mol. The van der Waals surface area contributed by atoms with Crippen LogP contribution in [0.1, 0.15) is 5.76 Å². The first kappa shape index (κ1) is 16.6. The van der Waals surface area contributed by atoms with Crippen LogP contribution >= 0.6 is 0 Å². The Bertz CT molecular complexity index is 823. The van der Waals surface area contributed by atoms with Crippen molar-refractivity contribution in [2.24, 2.45) is 0 Å². The second-order valence-electron chi connectivity index (χ2n) is 5.35. The molecule has 0 saturated heterocycles. The van der Waals surface area contributed by atoms with E-state index in [1.807, 2.05) is 54.6 Å². The predicted molar refractivity (Wildman–Crippen MR) is 98.1 cm³/mol. The van der Waals surface area contributed by atoms with Crippen LogP contribution in [-0.2, 0) is 4.79 Å². The smallest absolute Gasteiger partial charge is 0.244 e. The van der Waals surface area contributed by atoms with Gasteiger partial charge in [-0.05, 0) is 29.8 Å². The topological polar surface area (TPSA) is 51.5 Å². The molecule has 0 fully saturated rings. The van der Waals surface area contributed by atoms with Crippen molar-refractivity contribution in [1.82, 2.24) is 5.32 Å². The van der Waals surface area contributed by atoms with Gasteiger partial charge in [0.05, 0.1) is 12.8 Å². The van der Waals surface area contributed by atoms with Crippen molar-refractivity contribution in [3.05, 3.63) is 84.8 Å². The number of carbonyl (C=O) groups excluding carboxylic acids is 1. The summed E-state index contributed by atoms with van der Waals surface area (Å²) >= 11 is 0. The van der Waals surface area contributed by atoms with Gasteiger partial charge < -0.3 is 14.5 Å². The lowest BCUT2D eigenvalue weighted by molar-refractivity contribution is -0.116. The number of rotatable bonds is 7. The minimum absolute atomic E-state index is 0.184. The van der Waals surface area contributed by atoms with Gasteiger partial charge >= 0.3 is 0 Å². The lowest BCUT2D eigenvalue weighted by atomic mass is 10.1. The highest BCUT2D eigenvalue weighted by Crippen LogP contribution is 2.29. The monoisotopic (exact) mass is 333 g/mol. The van der Waals surface area contributed by atoms with Crippen molar-refractivity contribution in [2.45, 2.75) is 0 Å². The number of para-hydroxylation sites is 1. The Morgan fingerprint density at radius 1 is 1.00 bits per heavy atom. The summed E-state index contributed by atoms with van der Waals surface area (Å²) in [6.45, 7) is 0.814. The third-order valence-electron chi connectivity index (χ3n) is 3.57. The van der Waals surface area contributed by atoms with E-state index in [1.165, 1.54) is 6.08 Å². The van der Waals surface area contributed by atoms with E-state index in [2.05, 4.69) is 5.32 Å². The summed E-state index contributed by atoms with van der Waals surface area (Å²) in [7, 11) is 0. The van der Waals surface area contributed by atoms with Crippen LogP contribution in [-0.4, -0.2) is 19.1 Å². The van der Waals surface area contributed by atoms with E-state index in [0.717, 1.165) is 16.9 Å². The Hall–Kier alpha value is -3.27. The Labute approximate surface area is 146 Å². The number of ether oxygens (including phenoxy) is 1. The minimum atomic E-state index is -0.184. The van der Waals surface area contributed by atoms with Crippen molar-refractivity contribution in [3.63, 3.8) is 0 Å². The molecule has 2 aromatic carbocycles.